The molecule has 0 saturated carbocycles. The van der Waals surface area contributed by atoms with Crippen molar-refractivity contribution < 1.29 is 30.6 Å². The van der Waals surface area contributed by atoms with Crippen molar-refractivity contribution in [2.24, 2.45) is 0 Å². The normalized spacial score (nSPS) is 10.8. The largest absolute Gasteiger partial charge is 0.496 e. The predicted octanol–water partition coefficient (Wildman–Crippen LogP) is 7.77. The van der Waals surface area contributed by atoms with Gasteiger partial charge < -0.3 is 4.42 Å². The standard InChI is InChI=1S/C27H21O.Zr/c1-18-8-10-23-16-24(26-15-9-19(2)28-26)17-25(23)27(18)22-13-11-21(12-14-22)20-6-4-3-5-7-20;/h3-17H,1-2H3;/q-1;. The Hall–Kier alpha value is -2.57. The van der Waals surface area contributed by atoms with E-state index in [0.717, 1.165) is 17.1 Å². The van der Waals surface area contributed by atoms with Crippen LogP contribution < -0.4 is 0 Å². The van der Waals surface area contributed by atoms with Crippen LogP contribution in [0.5, 0.6) is 0 Å². The van der Waals surface area contributed by atoms with Crippen LogP contribution in [0.3, 0.4) is 0 Å². The van der Waals surface area contributed by atoms with Gasteiger partial charge in [-0.1, -0.05) is 71.8 Å². The quantitative estimate of drug-likeness (QED) is 0.255. The van der Waals surface area contributed by atoms with E-state index in [4.69, 9.17) is 4.42 Å². The molecule has 0 aliphatic heterocycles. The van der Waals surface area contributed by atoms with Gasteiger partial charge >= 0.3 is 0 Å². The first-order chi connectivity index (χ1) is 13.7. The molecule has 0 N–H and O–H groups in total. The Morgan fingerprint density at radius 3 is 2.07 bits per heavy atom. The van der Waals surface area contributed by atoms with Gasteiger partial charge in [-0.25, -0.2) is 0 Å². The summed E-state index contributed by atoms with van der Waals surface area (Å²) in [6.07, 6.45) is 0. The summed E-state index contributed by atoms with van der Waals surface area (Å²) in [7, 11) is 0. The third kappa shape index (κ3) is 3.70. The molecule has 5 rings (SSSR count). The molecule has 2 heteroatoms. The van der Waals surface area contributed by atoms with Crippen LogP contribution in [-0.2, 0) is 26.2 Å². The van der Waals surface area contributed by atoms with E-state index in [1.807, 2.05) is 19.1 Å². The fraction of sp³-hybridized carbons (Fsp3) is 0.0741. The van der Waals surface area contributed by atoms with Crippen molar-refractivity contribution in [3.63, 3.8) is 0 Å². The minimum absolute atomic E-state index is 0. The molecule has 140 valence electrons. The van der Waals surface area contributed by atoms with Crippen LogP contribution in [0, 0.1) is 13.8 Å². The number of benzene rings is 3. The summed E-state index contributed by atoms with van der Waals surface area (Å²) in [6.45, 7) is 4.17. The molecule has 0 bridgehead atoms. The second kappa shape index (κ2) is 8.05. The van der Waals surface area contributed by atoms with Crippen molar-refractivity contribution >= 4 is 10.8 Å². The fourth-order valence-corrected chi connectivity index (χ4v) is 3.97. The predicted molar refractivity (Wildman–Crippen MR) is 118 cm³/mol. The molecule has 4 aromatic carbocycles. The summed E-state index contributed by atoms with van der Waals surface area (Å²) in [5, 5.41) is 2.52. The number of rotatable bonds is 3. The Balaban J connectivity index is 0.00000205. The second-order valence-corrected chi connectivity index (χ2v) is 7.36. The first-order valence-electron chi connectivity index (χ1n) is 9.62. The molecule has 1 heterocycles. The van der Waals surface area contributed by atoms with Gasteiger partial charge in [-0.2, -0.15) is 0 Å². The van der Waals surface area contributed by atoms with E-state index in [-0.39, 0.29) is 26.2 Å². The van der Waals surface area contributed by atoms with Gasteiger partial charge in [0.25, 0.3) is 0 Å². The van der Waals surface area contributed by atoms with Crippen molar-refractivity contribution in [3.8, 4) is 33.6 Å². The van der Waals surface area contributed by atoms with Gasteiger partial charge in [0.1, 0.15) is 0 Å². The molecular weight excluding hydrogens is 432 g/mol. The van der Waals surface area contributed by atoms with E-state index in [2.05, 4.69) is 85.8 Å². The zero-order valence-electron chi connectivity index (χ0n) is 16.6. The minimum Gasteiger partial charge on any atom is -0.496 e. The van der Waals surface area contributed by atoms with E-state index in [1.54, 1.807) is 0 Å². The molecule has 0 saturated heterocycles. The molecule has 0 fully saturated rings. The van der Waals surface area contributed by atoms with E-state index in [1.165, 1.54) is 38.6 Å². The smallest absolute Gasteiger partial charge is 0.0896 e. The topological polar surface area (TPSA) is 13.1 Å². The van der Waals surface area contributed by atoms with Gasteiger partial charge in [0, 0.05) is 26.2 Å². The van der Waals surface area contributed by atoms with Crippen LogP contribution in [0.2, 0.25) is 0 Å². The Kier molecular flexibility index (Phi) is 5.48. The SMILES string of the molecule is Cc1ccc(-c2cc3c(-c4ccc(-c5ccccc5)cc4)c(C)ccc3[cH-]2)o1.[Zr]. The maximum absolute atomic E-state index is 5.84. The zero-order valence-corrected chi connectivity index (χ0v) is 19.0. The fourth-order valence-electron chi connectivity index (χ4n) is 3.97. The molecule has 29 heavy (non-hydrogen) atoms. The summed E-state index contributed by atoms with van der Waals surface area (Å²) in [4.78, 5) is 0. The minimum atomic E-state index is 0. The third-order valence-corrected chi connectivity index (χ3v) is 5.40. The monoisotopic (exact) mass is 451 g/mol. The molecule has 0 spiro atoms. The number of hydrogen-bond donors (Lipinski definition) is 0. The number of furan rings is 1. The first-order valence-corrected chi connectivity index (χ1v) is 9.62. The molecule has 0 amide bonds. The van der Waals surface area contributed by atoms with Crippen LogP contribution in [0.25, 0.3) is 44.3 Å². The Bertz CT molecular complexity index is 1260. The van der Waals surface area contributed by atoms with Gasteiger partial charge in [-0.3, -0.25) is 0 Å². The molecule has 5 aromatic rings. The molecule has 0 aliphatic carbocycles. The number of aryl methyl sites for hydroxylation is 2. The van der Waals surface area contributed by atoms with Crippen molar-refractivity contribution in [2.75, 3.05) is 0 Å². The third-order valence-electron chi connectivity index (χ3n) is 5.40. The Morgan fingerprint density at radius 1 is 0.690 bits per heavy atom. The number of fused-ring (bicyclic) bond motifs is 1. The molecule has 0 radical (unpaired) electrons. The van der Waals surface area contributed by atoms with Gasteiger partial charge in [0.15, 0.2) is 0 Å². The summed E-state index contributed by atoms with van der Waals surface area (Å²) < 4.78 is 5.84. The Labute approximate surface area is 190 Å². The molecular formula is C27H21OZr-. The van der Waals surface area contributed by atoms with Gasteiger partial charge in [-0.15, -0.1) is 29.0 Å². The molecule has 0 atom stereocenters. The van der Waals surface area contributed by atoms with Gasteiger partial charge in [0.05, 0.1) is 11.5 Å². The van der Waals surface area contributed by atoms with Crippen molar-refractivity contribution in [3.05, 3.63) is 102 Å². The Morgan fingerprint density at radius 2 is 1.38 bits per heavy atom. The molecule has 1 nitrogen and oxygen atoms in total. The summed E-state index contributed by atoms with van der Waals surface area (Å²) in [5.41, 5.74) is 7.45. The van der Waals surface area contributed by atoms with Crippen LogP contribution in [-0.4, -0.2) is 0 Å². The van der Waals surface area contributed by atoms with Gasteiger partial charge in [0.2, 0.25) is 0 Å². The van der Waals surface area contributed by atoms with E-state index in [9.17, 15) is 0 Å². The van der Waals surface area contributed by atoms with E-state index < -0.39 is 0 Å². The molecule has 1 aromatic heterocycles. The first kappa shape index (κ1) is 19.7. The maximum atomic E-state index is 5.84. The maximum Gasteiger partial charge on any atom is 0.0896 e. The van der Waals surface area contributed by atoms with Crippen molar-refractivity contribution in [1.82, 2.24) is 0 Å². The number of hydrogen-bond acceptors (Lipinski definition) is 1. The van der Waals surface area contributed by atoms with Crippen molar-refractivity contribution in [2.45, 2.75) is 13.8 Å². The van der Waals surface area contributed by atoms with Crippen LogP contribution in [0.4, 0.5) is 0 Å². The summed E-state index contributed by atoms with van der Waals surface area (Å²) in [5.74, 6) is 1.87. The van der Waals surface area contributed by atoms with Crippen molar-refractivity contribution in [1.29, 1.82) is 0 Å². The zero-order chi connectivity index (χ0) is 19.1. The average molecular weight is 453 g/mol. The van der Waals surface area contributed by atoms with Crippen LogP contribution in [0.15, 0.2) is 95.4 Å². The summed E-state index contributed by atoms with van der Waals surface area (Å²) >= 11 is 0. The summed E-state index contributed by atoms with van der Waals surface area (Å²) in [6, 6.07) is 32.3. The van der Waals surface area contributed by atoms with E-state index in [0.29, 0.717) is 0 Å². The average Bonchev–Trinajstić information content (AvgIpc) is 3.35. The second-order valence-electron chi connectivity index (χ2n) is 7.36. The molecule has 0 unspecified atom stereocenters. The van der Waals surface area contributed by atoms with Crippen LogP contribution in [0.1, 0.15) is 11.3 Å². The van der Waals surface area contributed by atoms with E-state index >= 15 is 0 Å². The van der Waals surface area contributed by atoms with Gasteiger partial charge in [-0.05, 0) is 48.2 Å². The molecule has 0 aliphatic rings. The van der Waals surface area contributed by atoms with Crippen LogP contribution >= 0.6 is 0 Å².